The van der Waals surface area contributed by atoms with Crippen LogP contribution in [0.3, 0.4) is 0 Å². The molecule has 1 aliphatic rings. The summed E-state index contributed by atoms with van der Waals surface area (Å²) < 4.78 is 0. The Morgan fingerprint density at radius 2 is 2.18 bits per heavy atom. The third-order valence-electron chi connectivity index (χ3n) is 3.45. The molecule has 4 nitrogen and oxygen atoms in total. The van der Waals surface area contributed by atoms with Crippen molar-refractivity contribution in [2.24, 2.45) is 0 Å². The fourth-order valence-corrected chi connectivity index (χ4v) is 2.26. The molecular formula is C12H19ClN4. The van der Waals surface area contributed by atoms with Crippen molar-refractivity contribution in [3.63, 3.8) is 0 Å². The Kier molecular flexibility index (Phi) is 3.72. The number of hydrogen-bond donors (Lipinski definition) is 2. The number of nitrogens with one attached hydrogen (secondary N) is 2. The third kappa shape index (κ3) is 2.63. The summed E-state index contributed by atoms with van der Waals surface area (Å²) in [5, 5.41) is 7.17. The van der Waals surface area contributed by atoms with Gasteiger partial charge in [-0.2, -0.15) is 4.98 Å². The first kappa shape index (κ1) is 12.4. The molecule has 0 atom stereocenters. The van der Waals surface area contributed by atoms with E-state index in [0.29, 0.717) is 11.0 Å². The molecule has 2 N–H and O–H groups in total. The Morgan fingerprint density at radius 3 is 2.71 bits per heavy atom. The predicted octanol–water partition coefficient (Wildman–Crippen LogP) is 3.31. The highest BCUT2D eigenvalue weighted by molar-refractivity contribution is 6.32. The van der Waals surface area contributed by atoms with Gasteiger partial charge in [-0.05, 0) is 32.6 Å². The van der Waals surface area contributed by atoms with Gasteiger partial charge in [0.05, 0.1) is 6.20 Å². The van der Waals surface area contributed by atoms with E-state index in [2.05, 4.69) is 27.5 Å². The average Bonchev–Trinajstić information content (AvgIpc) is 2.28. The topological polar surface area (TPSA) is 49.8 Å². The van der Waals surface area contributed by atoms with Gasteiger partial charge in [-0.15, -0.1) is 0 Å². The van der Waals surface area contributed by atoms with Gasteiger partial charge in [0, 0.05) is 12.1 Å². The maximum absolute atomic E-state index is 6.13. The lowest BCUT2D eigenvalue weighted by Crippen LogP contribution is -2.44. The highest BCUT2D eigenvalue weighted by atomic mass is 35.5. The summed E-state index contributed by atoms with van der Waals surface area (Å²) in [5.41, 5.74) is 0.196. The van der Waals surface area contributed by atoms with Gasteiger partial charge in [-0.3, -0.25) is 0 Å². The van der Waals surface area contributed by atoms with Crippen LogP contribution in [0.15, 0.2) is 6.20 Å². The van der Waals surface area contributed by atoms with Crippen molar-refractivity contribution < 1.29 is 0 Å². The van der Waals surface area contributed by atoms with Crippen LogP contribution in [0.2, 0.25) is 5.02 Å². The Bertz CT molecular complexity index is 385. The summed E-state index contributed by atoms with van der Waals surface area (Å²) in [5.74, 6) is 1.38. The summed E-state index contributed by atoms with van der Waals surface area (Å²) in [6.45, 7) is 5.02. The van der Waals surface area contributed by atoms with E-state index in [4.69, 9.17) is 11.6 Å². The van der Waals surface area contributed by atoms with Gasteiger partial charge in [-0.1, -0.05) is 18.5 Å². The molecule has 0 bridgehead atoms. The minimum Gasteiger partial charge on any atom is -0.363 e. The van der Waals surface area contributed by atoms with Crippen molar-refractivity contribution in [3.8, 4) is 0 Å². The number of aromatic nitrogens is 2. The molecule has 1 aromatic heterocycles. The smallest absolute Gasteiger partial charge is 0.224 e. The van der Waals surface area contributed by atoms with Crippen LogP contribution >= 0.6 is 11.6 Å². The first-order chi connectivity index (χ1) is 8.19. The fraction of sp³-hybridized carbons (Fsp3) is 0.667. The Balaban J connectivity index is 2.16. The summed E-state index contributed by atoms with van der Waals surface area (Å²) in [6.07, 6.45) is 6.42. The van der Waals surface area contributed by atoms with E-state index in [1.165, 1.54) is 19.3 Å². The Hall–Kier alpha value is -1.03. The zero-order valence-electron chi connectivity index (χ0n) is 10.4. The molecule has 1 aromatic rings. The first-order valence-corrected chi connectivity index (χ1v) is 6.61. The Labute approximate surface area is 107 Å². The molecule has 1 aliphatic carbocycles. The number of anilines is 2. The van der Waals surface area contributed by atoms with Gasteiger partial charge in [0.15, 0.2) is 5.82 Å². The van der Waals surface area contributed by atoms with E-state index in [0.717, 1.165) is 18.8 Å². The standard InChI is InChI=1S/C12H19ClN4/c1-3-12(6-5-7-12)17-10-9(13)8-15-11(16-10)14-4-2/h8H,3-7H2,1-2H3,(H2,14,15,16,17). The van der Waals surface area contributed by atoms with Crippen LogP contribution in [0.25, 0.3) is 0 Å². The molecule has 17 heavy (non-hydrogen) atoms. The van der Waals surface area contributed by atoms with Crippen LogP contribution in [0.1, 0.15) is 39.5 Å². The number of hydrogen-bond acceptors (Lipinski definition) is 4. The monoisotopic (exact) mass is 254 g/mol. The van der Waals surface area contributed by atoms with Gasteiger partial charge in [0.1, 0.15) is 5.02 Å². The van der Waals surface area contributed by atoms with E-state index >= 15 is 0 Å². The number of nitrogens with zero attached hydrogens (tertiary/aromatic N) is 2. The largest absolute Gasteiger partial charge is 0.363 e. The average molecular weight is 255 g/mol. The van der Waals surface area contributed by atoms with Crippen LogP contribution in [-0.2, 0) is 0 Å². The second-order valence-corrected chi connectivity index (χ2v) is 4.94. The fourth-order valence-electron chi connectivity index (χ4n) is 2.12. The Morgan fingerprint density at radius 1 is 1.41 bits per heavy atom. The van der Waals surface area contributed by atoms with Crippen LogP contribution < -0.4 is 10.6 Å². The first-order valence-electron chi connectivity index (χ1n) is 6.24. The minimum absolute atomic E-state index is 0.196. The van der Waals surface area contributed by atoms with Gasteiger partial charge < -0.3 is 10.6 Å². The zero-order valence-corrected chi connectivity index (χ0v) is 11.1. The molecule has 1 fully saturated rings. The molecule has 0 saturated heterocycles. The molecule has 0 aromatic carbocycles. The molecule has 0 amide bonds. The van der Waals surface area contributed by atoms with Gasteiger partial charge in [-0.25, -0.2) is 4.98 Å². The van der Waals surface area contributed by atoms with Gasteiger partial charge >= 0.3 is 0 Å². The molecular weight excluding hydrogens is 236 g/mol. The van der Waals surface area contributed by atoms with E-state index in [-0.39, 0.29) is 5.54 Å². The van der Waals surface area contributed by atoms with E-state index in [9.17, 15) is 0 Å². The summed E-state index contributed by atoms with van der Waals surface area (Å²) >= 11 is 6.13. The summed E-state index contributed by atoms with van der Waals surface area (Å²) in [4.78, 5) is 8.55. The maximum atomic E-state index is 6.13. The van der Waals surface area contributed by atoms with Crippen molar-refractivity contribution in [2.45, 2.75) is 45.1 Å². The second kappa shape index (κ2) is 5.08. The summed E-state index contributed by atoms with van der Waals surface area (Å²) in [7, 11) is 0. The van der Waals surface area contributed by atoms with Crippen molar-refractivity contribution in [1.29, 1.82) is 0 Å². The van der Waals surface area contributed by atoms with Crippen LogP contribution in [-0.4, -0.2) is 22.1 Å². The van der Waals surface area contributed by atoms with Gasteiger partial charge in [0.25, 0.3) is 0 Å². The molecule has 0 aliphatic heterocycles. The normalized spacial score (nSPS) is 17.4. The van der Waals surface area contributed by atoms with Crippen LogP contribution in [0.5, 0.6) is 0 Å². The SMILES string of the molecule is CCNc1ncc(Cl)c(NC2(CC)CCC2)n1. The predicted molar refractivity (Wildman–Crippen MR) is 71.7 cm³/mol. The highest BCUT2D eigenvalue weighted by Crippen LogP contribution is 2.38. The molecule has 94 valence electrons. The van der Waals surface area contributed by atoms with E-state index in [1.807, 2.05) is 6.92 Å². The van der Waals surface area contributed by atoms with Gasteiger partial charge in [0.2, 0.25) is 5.95 Å². The quantitative estimate of drug-likeness (QED) is 0.847. The molecule has 0 spiro atoms. The van der Waals surface area contributed by atoms with Crippen molar-refractivity contribution >= 4 is 23.4 Å². The zero-order chi connectivity index (χ0) is 12.3. The van der Waals surface area contributed by atoms with Crippen molar-refractivity contribution in [1.82, 2.24) is 9.97 Å². The lowest BCUT2D eigenvalue weighted by Gasteiger charge is -2.42. The number of halogens is 1. The van der Waals surface area contributed by atoms with Crippen LogP contribution in [0.4, 0.5) is 11.8 Å². The highest BCUT2D eigenvalue weighted by Gasteiger charge is 2.35. The minimum atomic E-state index is 0.196. The summed E-state index contributed by atoms with van der Waals surface area (Å²) in [6, 6.07) is 0. The number of rotatable bonds is 5. The lowest BCUT2D eigenvalue weighted by atomic mass is 9.75. The van der Waals surface area contributed by atoms with Crippen molar-refractivity contribution in [2.75, 3.05) is 17.2 Å². The van der Waals surface area contributed by atoms with Crippen molar-refractivity contribution in [3.05, 3.63) is 11.2 Å². The maximum Gasteiger partial charge on any atom is 0.224 e. The molecule has 1 saturated carbocycles. The molecule has 0 unspecified atom stereocenters. The van der Waals surface area contributed by atoms with E-state index in [1.54, 1.807) is 6.20 Å². The molecule has 1 heterocycles. The third-order valence-corrected chi connectivity index (χ3v) is 3.73. The molecule has 5 heteroatoms. The molecule has 2 rings (SSSR count). The van der Waals surface area contributed by atoms with E-state index < -0.39 is 0 Å². The second-order valence-electron chi connectivity index (χ2n) is 4.53. The lowest BCUT2D eigenvalue weighted by molar-refractivity contribution is 0.269. The van der Waals surface area contributed by atoms with Crippen LogP contribution in [0, 0.1) is 0 Å². The molecule has 0 radical (unpaired) electrons.